The number of likely N-dealkylation sites (tertiary alicyclic amines) is 1. The third-order valence-corrected chi connectivity index (χ3v) is 4.44. The van der Waals surface area contributed by atoms with E-state index in [1.165, 1.54) is 0 Å². The molecule has 6 nitrogen and oxygen atoms in total. The zero-order chi connectivity index (χ0) is 14.9. The normalized spacial score (nSPS) is 24.7. The van der Waals surface area contributed by atoms with Crippen LogP contribution in [0.5, 0.6) is 0 Å². The van der Waals surface area contributed by atoms with Gasteiger partial charge in [-0.1, -0.05) is 6.07 Å². The quantitative estimate of drug-likeness (QED) is 0.821. The lowest BCUT2D eigenvalue weighted by Gasteiger charge is -2.47. The third-order valence-electron chi connectivity index (χ3n) is 4.44. The lowest BCUT2D eigenvalue weighted by atomic mass is 9.83. The second-order valence-electron chi connectivity index (χ2n) is 5.65. The van der Waals surface area contributed by atoms with Crippen molar-refractivity contribution in [1.29, 1.82) is 0 Å². The van der Waals surface area contributed by atoms with Gasteiger partial charge in [0.1, 0.15) is 12.3 Å². The molecule has 3 rings (SSSR count). The molecule has 2 fully saturated rings. The minimum absolute atomic E-state index is 0.0224. The predicted molar refractivity (Wildman–Crippen MR) is 75.7 cm³/mol. The van der Waals surface area contributed by atoms with Crippen LogP contribution in [0.15, 0.2) is 24.4 Å². The zero-order valence-electron chi connectivity index (χ0n) is 12.0. The Kier molecular flexibility index (Phi) is 3.63. The number of rotatable bonds is 1. The SMILES string of the molecule is C[C@H]1NC(=O)COC12CCN(C(=O)c1ccccn1)CC2. The number of piperidine rings is 1. The van der Waals surface area contributed by atoms with Crippen LogP contribution in [0, 0.1) is 0 Å². The molecule has 1 aromatic heterocycles. The van der Waals surface area contributed by atoms with Crippen LogP contribution in [0.4, 0.5) is 0 Å². The molecule has 2 aliphatic heterocycles. The summed E-state index contributed by atoms with van der Waals surface area (Å²) >= 11 is 0. The summed E-state index contributed by atoms with van der Waals surface area (Å²) in [5.41, 5.74) is 0.133. The first-order chi connectivity index (χ1) is 10.1. The number of hydrogen-bond acceptors (Lipinski definition) is 4. The lowest BCUT2D eigenvalue weighted by molar-refractivity contribution is -0.158. The number of amides is 2. The average molecular weight is 289 g/mol. The van der Waals surface area contributed by atoms with Gasteiger partial charge in [0.2, 0.25) is 5.91 Å². The number of pyridine rings is 1. The standard InChI is InChI=1S/C15H19N3O3/c1-11-15(21-10-13(19)17-11)5-8-18(9-6-15)14(20)12-4-2-3-7-16-12/h2-4,7,11H,5-6,8-10H2,1H3,(H,17,19)/t11-/m1/s1. The number of morpholine rings is 1. The van der Waals surface area contributed by atoms with Crippen LogP contribution in [-0.2, 0) is 9.53 Å². The Morgan fingerprint density at radius 2 is 2.19 bits per heavy atom. The van der Waals surface area contributed by atoms with Gasteiger partial charge in [-0.15, -0.1) is 0 Å². The van der Waals surface area contributed by atoms with Crippen LogP contribution >= 0.6 is 0 Å². The molecule has 0 radical (unpaired) electrons. The second-order valence-corrected chi connectivity index (χ2v) is 5.65. The minimum atomic E-state index is -0.338. The highest BCUT2D eigenvalue weighted by Crippen LogP contribution is 2.32. The van der Waals surface area contributed by atoms with Gasteiger partial charge in [0.15, 0.2) is 0 Å². The molecule has 1 N–H and O–H groups in total. The molecule has 2 saturated heterocycles. The van der Waals surface area contributed by atoms with E-state index in [-0.39, 0.29) is 30.1 Å². The molecule has 0 unspecified atom stereocenters. The third kappa shape index (κ3) is 2.63. The molecule has 1 aromatic rings. The Morgan fingerprint density at radius 3 is 2.81 bits per heavy atom. The Bertz CT molecular complexity index is 538. The molecule has 3 heterocycles. The minimum Gasteiger partial charge on any atom is -0.363 e. The Hall–Kier alpha value is -1.95. The van der Waals surface area contributed by atoms with Gasteiger partial charge in [-0.3, -0.25) is 14.6 Å². The molecule has 2 aliphatic rings. The molecule has 0 saturated carbocycles. The molecule has 0 aliphatic carbocycles. The monoisotopic (exact) mass is 289 g/mol. The van der Waals surface area contributed by atoms with E-state index < -0.39 is 0 Å². The molecule has 6 heteroatoms. The van der Waals surface area contributed by atoms with E-state index in [1.807, 2.05) is 13.0 Å². The molecule has 0 aromatic carbocycles. The summed E-state index contributed by atoms with van der Waals surface area (Å²) in [6.07, 6.45) is 3.08. The van der Waals surface area contributed by atoms with Crippen LogP contribution in [0.1, 0.15) is 30.3 Å². The maximum atomic E-state index is 12.4. The van der Waals surface area contributed by atoms with E-state index >= 15 is 0 Å². The number of hydrogen-bond donors (Lipinski definition) is 1. The molecule has 0 bridgehead atoms. The van der Waals surface area contributed by atoms with E-state index in [0.29, 0.717) is 18.8 Å². The van der Waals surface area contributed by atoms with Gasteiger partial charge in [0.05, 0.1) is 11.6 Å². The van der Waals surface area contributed by atoms with E-state index in [2.05, 4.69) is 10.3 Å². The summed E-state index contributed by atoms with van der Waals surface area (Å²) < 4.78 is 5.80. The van der Waals surface area contributed by atoms with Gasteiger partial charge in [-0.05, 0) is 31.9 Å². The zero-order valence-corrected chi connectivity index (χ0v) is 12.0. The second kappa shape index (κ2) is 5.44. The summed E-state index contributed by atoms with van der Waals surface area (Å²) in [7, 11) is 0. The Labute approximate surface area is 123 Å². The van der Waals surface area contributed by atoms with Gasteiger partial charge < -0.3 is 15.0 Å². The Morgan fingerprint density at radius 1 is 1.43 bits per heavy atom. The highest BCUT2D eigenvalue weighted by Gasteiger charge is 2.45. The summed E-state index contributed by atoms with van der Waals surface area (Å²) in [6.45, 7) is 3.32. The highest BCUT2D eigenvalue weighted by atomic mass is 16.5. The number of ether oxygens (including phenoxy) is 1. The van der Waals surface area contributed by atoms with E-state index in [0.717, 1.165) is 12.8 Å². The number of nitrogens with zero attached hydrogens (tertiary/aromatic N) is 2. The van der Waals surface area contributed by atoms with Gasteiger partial charge in [0, 0.05) is 19.3 Å². The molecule has 1 spiro atoms. The van der Waals surface area contributed by atoms with Crippen molar-refractivity contribution in [3.8, 4) is 0 Å². The number of carbonyl (C=O) groups is 2. The topological polar surface area (TPSA) is 71.5 Å². The van der Waals surface area contributed by atoms with Crippen molar-refractivity contribution in [3.63, 3.8) is 0 Å². The van der Waals surface area contributed by atoms with E-state index in [4.69, 9.17) is 4.74 Å². The summed E-state index contributed by atoms with van der Waals surface area (Å²) in [5, 5.41) is 2.94. The van der Waals surface area contributed by atoms with Crippen LogP contribution < -0.4 is 5.32 Å². The smallest absolute Gasteiger partial charge is 0.272 e. The maximum absolute atomic E-state index is 12.4. The van der Waals surface area contributed by atoms with E-state index in [9.17, 15) is 9.59 Å². The van der Waals surface area contributed by atoms with Gasteiger partial charge >= 0.3 is 0 Å². The van der Waals surface area contributed by atoms with Crippen LogP contribution in [0.3, 0.4) is 0 Å². The largest absolute Gasteiger partial charge is 0.363 e. The fourth-order valence-electron chi connectivity index (χ4n) is 3.07. The molecule has 2 amide bonds. The first-order valence-corrected chi connectivity index (χ1v) is 7.24. The van der Waals surface area contributed by atoms with Crippen molar-refractivity contribution in [2.75, 3.05) is 19.7 Å². The maximum Gasteiger partial charge on any atom is 0.272 e. The fourth-order valence-corrected chi connectivity index (χ4v) is 3.07. The van der Waals surface area contributed by atoms with Crippen molar-refractivity contribution in [2.45, 2.75) is 31.4 Å². The molecule has 112 valence electrons. The fraction of sp³-hybridized carbons (Fsp3) is 0.533. The average Bonchev–Trinajstić information content (AvgIpc) is 2.52. The number of aromatic nitrogens is 1. The molecule has 1 atom stereocenters. The van der Waals surface area contributed by atoms with Crippen LogP contribution in [-0.4, -0.2) is 53.0 Å². The van der Waals surface area contributed by atoms with Gasteiger partial charge in [-0.25, -0.2) is 0 Å². The van der Waals surface area contributed by atoms with Crippen molar-refractivity contribution in [2.24, 2.45) is 0 Å². The van der Waals surface area contributed by atoms with Crippen LogP contribution in [0.2, 0.25) is 0 Å². The summed E-state index contributed by atoms with van der Waals surface area (Å²) in [6, 6.07) is 5.31. The lowest BCUT2D eigenvalue weighted by Crippen LogP contribution is -2.63. The predicted octanol–water partition coefficient (Wildman–Crippen LogP) is 0.591. The Balaban J connectivity index is 1.65. The van der Waals surface area contributed by atoms with Gasteiger partial charge in [-0.2, -0.15) is 0 Å². The van der Waals surface area contributed by atoms with Crippen molar-refractivity contribution in [3.05, 3.63) is 30.1 Å². The van der Waals surface area contributed by atoms with Crippen molar-refractivity contribution in [1.82, 2.24) is 15.2 Å². The molecular weight excluding hydrogens is 270 g/mol. The first kappa shape index (κ1) is 14.0. The van der Waals surface area contributed by atoms with E-state index in [1.54, 1.807) is 23.2 Å². The van der Waals surface area contributed by atoms with Crippen LogP contribution in [0.25, 0.3) is 0 Å². The number of carbonyl (C=O) groups excluding carboxylic acids is 2. The number of nitrogens with one attached hydrogen (secondary N) is 1. The van der Waals surface area contributed by atoms with Crippen molar-refractivity contribution < 1.29 is 14.3 Å². The summed E-state index contributed by atoms with van der Waals surface area (Å²) in [5.74, 6) is -0.113. The first-order valence-electron chi connectivity index (χ1n) is 7.24. The molecular formula is C15H19N3O3. The van der Waals surface area contributed by atoms with Crippen molar-refractivity contribution >= 4 is 11.8 Å². The highest BCUT2D eigenvalue weighted by molar-refractivity contribution is 5.92. The molecule has 21 heavy (non-hydrogen) atoms. The van der Waals surface area contributed by atoms with Gasteiger partial charge in [0.25, 0.3) is 5.91 Å². The summed E-state index contributed by atoms with van der Waals surface area (Å²) in [4.78, 5) is 29.6.